The van der Waals surface area contributed by atoms with Crippen LogP contribution in [-0.4, -0.2) is 28.9 Å². The third-order valence-corrected chi connectivity index (χ3v) is 5.03. The van der Waals surface area contributed by atoms with Crippen molar-refractivity contribution >= 4 is 32.2 Å². The first-order chi connectivity index (χ1) is 11.4. The number of hydrazone groups is 1. The zero-order valence-electron chi connectivity index (χ0n) is 13.4. The highest BCUT2D eigenvalue weighted by Gasteiger charge is 2.18. The summed E-state index contributed by atoms with van der Waals surface area (Å²) < 4.78 is 35.8. The van der Waals surface area contributed by atoms with E-state index < -0.39 is 10.0 Å². The number of sulfonamides is 1. The second kappa shape index (κ2) is 7.67. The molecule has 2 aromatic carbocycles. The number of rotatable bonds is 6. The molecule has 0 aliphatic rings. The predicted molar refractivity (Wildman–Crippen MR) is 96.3 cm³/mol. The quantitative estimate of drug-likeness (QED) is 0.583. The van der Waals surface area contributed by atoms with Crippen LogP contribution in [0, 0.1) is 6.92 Å². The van der Waals surface area contributed by atoms with E-state index >= 15 is 0 Å². The normalized spacial score (nSPS) is 11.5. The molecular formula is C16H17BrN2O4S. The minimum atomic E-state index is -3.83. The van der Waals surface area contributed by atoms with Gasteiger partial charge in [-0.3, -0.25) is 0 Å². The topological polar surface area (TPSA) is 77.0 Å². The molecule has 0 heterocycles. The fourth-order valence-electron chi connectivity index (χ4n) is 1.98. The van der Waals surface area contributed by atoms with Crippen LogP contribution in [0.25, 0.3) is 0 Å². The Kier molecular flexibility index (Phi) is 5.84. The van der Waals surface area contributed by atoms with Crippen LogP contribution in [0.5, 0.6) is 11.5 Å². The van der Waals surface area contributed by atoms with Crippen LogP contribution in [0.1, 0.15) is 11.1 Å². The van der Waals surface area contributed by atoms with E-state index in [1.165, 1.54) is 19.4 Å². The van der Waals surface area contributed by atoms with Gasteiger partial charge in [-0.2, -0.15) is 18.4 Å². The lowest BCUT2D eigenvalue weighted by Crippen LogP contribution is -2.19. The highest BCUT2D eigenvalue weighted by molar-refractivity contribution is 9.10. The van der Waals surface area contributed by atoms with Gasteiger partial charge in [-0.25, -0.2) is 0 Å². The maximum Gasteiger partial charge on any atom is 0.280 e. The minimum Gasteiger partial charge on any atom is -0.496 e. The van der Waals surface area contributed by atoms with Gasteiger partial charge in [0.1, 0.15) is 16.4 Å². The van der Waals surface area contributed by atoms with Crippen LogP contribution in [0.4, 0.5) is 0 Å². The maximum atomic E-state index is 12.4. The Hall–Kier alpha value is -2.06. The summed E-state index contributed by atoms with van der Waals surface area (Å²) in [5.74, 6) is 0.938. The number of ether oxygens (including phenoxy) is 2. The van der Waals surface area contributed by atoms with Crippen molar-refractivity contribution in [3.63, 3.8) is 0 Å². The SMILES string of the molecule is COc1ccc(/C=N/NS(=O)(=O)c2cc(C)ccc2OC)cc1Br. The summed E-state index contributed by atoms with van der Waals surface area (Å²) in [6.45, 7) is 1.80. The van der Waals surface area contributed by atoms with Gasteiger partial charge in [0.2, 0.25) is 0 Å². The number of halogens is 1. The van der Waals surface area contributed by atoms with Crippen molar-refractivity contribution in [1.82, 2.24) is 4.83 Å². The van der Waals surface area contributed by atoms with Crippen LogP contribution in [0.2, 0.25) is 0 Å². The summed E-state index contributed by atoms with van der Waals surface area (Å²) in [6.07, 6.45) is 1.41. The maximum absolute atomic E-state index is 12.4. The van der Waals surface area contributed by atoms with E-state index in [0.29, 0.717) is 11.3 Å². The zero-order chi connectivity index (χ0) is 17.7. The fraction of sp³-hybridized carbons (Fsp3) is 0.188. The molecule has 0 aliphatic heterocycles. The van der Waals surface area contributed by atoms with E-state index in [0.717, 1.165) is 10.0 Å². The first-order valence-electron chi connectivity index (χ1n) is 6.90. The van der Waals surface area contributed by atoms with Gasteiger partial charge in [-0.1, -0.05) is 6.07 Å². The largest absolute Gasteiger partial charge is 0.496 e. The van der Waals surface area contributed by atoms with Crippen molar-refractivity contribution < 1.29 is 17.9 Å². The molecule has 128 valence electrons. The summed E-state index contributed by atoms with van der Waals surface area (Å²) in [4.78, 5) is 2.23. The molecule has 0 spiro atoms. The van der Waals surface area contributed by atoms with Gasteiger partial charge in [0.25, 0.3) is 10.0 Å². The number of nitrogens with zero attached hydrogens (tertiary/aromatic N) is 1. The summed E-state index contributed by atoms with van der Waals surface area (Å²) >= 11 is 3.36. The lowest BCUT2D eigenvalue weighted by Gasteiger charge is -2.09. The highest BCUT2D eigenvalue weighted by Crippen LogP contribution is 2.25. The first-order valence-corrected chi connectivity index (χ1v) is 9.18. The Morgan fingerprint density at radius 1 is 1.08 bits per heavy atom. The zero-order valence-corrected chi connectivity index (χ0v) is 15.8. The molecule has 6 nitrogen and oxygen atoms in total. The molecule has 1 N–H and O–H groups in total. The molecule has 0 saturated heterocycles. The van der Waals surface area contributed by atoms with Crippen LogP contribution in [-0.2, 0) is 10.0 Å². The van der Waals surface area contributed by atoms with Gasteiger partial charge in [0, 0.05) is 0 Å². The molecule has 0 fully saturated rings. The molecule has 0 bridgehead atoms. The number of hydrogen-bond donors (Lipinski definition) is 1. The third kappa shape index (κ3) is 4.27. The first kappa shape index (κ1) is 18.3. The predicted octanol–water partition coefficient (Wildman–Crippen LogP) is 3.09. The van der Waals surface area contributed by atoms with Gasteiger partial charge in [-0.05, 0) is 64.3 Å². The fourth-order valence-corrected chi connectivity index (χ4v) is 3.58. The smallest absolute Gasteiger partial charge is 0.280 e. The second-order valence-corrected chi connectivity index (χ2v) is 7.38. The van der Waals surface area contributed by atoms with Gasteiger partial charge in [0.15, 0.2) is 0 Å². The minimum absolute atomic E-state index is 0.0399. The van der Waals surface area contributed by atoms with Crippen molar-refractivity contribution in [2.24, 2.45) is 5.10 Å². The number of hydrogen-bond acceptors (Lipinski definition) is 5. The molecule has 0 unspecified atom stereocenters. The van der Waals surface area contributed by atoms with E-state index in [1.807, 2.05) is 0 Å². The second-order valence-electron chi connectivity index (χ2n) is 4.90. The third-order valence-electron chi connectivity index (χ3n) is 3.17. The lowest BCUT2D eigenvalue weighted by molar-refractivity contribution is 0.402. The van der Waals surface area contributed by atoms with E-state index in [1.54, 1.807) is 44.4 Å². The number of methoxy groups -OCH3 is 2. The Balaban J connectivity index is 2.21. The summed E-state index contributed by atoms with van der Waals surface area (Å²) in [7, 11) is -0.843. The van der Waals surface area contributed by atoms with Crippen molar-refractivity contribution in [2.75, 3.05) is 14.2 Å². The Labute approximate surface area is 149 Å². The van der Waals surface area contributed by atoms with E-state index in [4.69, 9.17) is 9.47 Å². The van der Waals surface area contributed by atoms with Crippen molar-refractivity contribution in [1.29, 1.82) is 0 Å². The number of aryl methyl sites for hydroxylation is 1. The van der Waals surface area contributed by atoms with Crippen LogP contribution in [0.15, 0.2) is 50.9 Å². The van der Waals surface area contributed by atoms with E-state index in [-0.39, 0.29) is 10.6 Å². The molecule has 0 atom stereocenters. The Bertz CT molecular complexity index is 866. The van der Waals surface area contributed by atoms with Crippen molar-refractivity contribution in [3.8, 4) is 11.5 Å². The molecule has 8 heteroatoms. The monoisotopic (exact) mass is 412 g/mol. The number of benzene rings is 2. The van der Waals surface area contributed by atoms with Crippen LogP contribution >= 0.6 is 15.9 Å². The molecule has 0 aliphatic carbocycles. The van der Waals surface area contributed by atoms with Crippen molar-refractivity contribution in [3.05, 3.63) is 52.0 Å². The average molecular weight is 413 g/mol. The molecule has 2 rings (SSSR count). The molecule has 0 saturated carbocycles. The van der Waals surface area contributed by atoms with Crippen LogP contribution < -0.4 is 14.3 Å². The molecule has 0 radical (unpaired) electrons. The van der Waals surface area contributed by atoms with E-state index in [2.05, 4.69) is 25.9 Å². The highest BCUT2D eigenvalue weighted by atomic mass is 79.9. The number of nitrogens with one attached hydrogen (secondary N) is 1. The van der Waals surface area contributed by atoms with E-state index in [9.17, 15) is 8.42 Å². The van der Waals surface area contributed by atoms with Gasteiger partial charge in [0.05, 0.1) is 24.9 Å². The molecule has 24 heavy (non-hydrogen) atoms. The standard InChI is InChI=1S/C16H17BrN2O4S/c1-11-4-6-15(23-3)16(8-11)24(20,21)19-18-10-12-5-7-14(22-2)13(17)9-12/h4-10,19H,1-3H3/b18-10+. The average Bonchev–Trinajstić information content (AvgIpc) is 2.55. The lowest BCUT2D eigenvalue weighted by atomic mass is 10.2. The summed E-state index contributed by atoms with van der Waals surface area (Å²) in [5, 5.41) is 3.81. The molecular weight excluding hydrogens is 396 g/mol. The molecule has 2 aromatic rings. The van der Waals surface area contributed by atoms with Gasteiger partial charge in [-0.15, -0.1) is 0 Å². The summed E-state index contributed by atoms with van der Waals surface area (Å²) in [6, 6.07) is 10.2. The van der Waals surface area contributed by atoms with Crippen LogP contribution in [0.3, 0.4) is 0 Å². The Morgan fingerprint density at radius 2 is 1.75 bits per heavy atom. The molecule has 0 aromatic heterocycles. The van der Waals surface area contributed by atoms with Gasteiger partial charge < -0.3 is 9.47 Å². The Morgan fingerprint density at radius 3 is 2.38 bits per heavy atom. The molecule has 0 amide bonds. The summed E-state index contributed by atoms with van der Waals surface area (Å²) in [5.41, 5.74) is 1.51. The van der Waals surface area contributed by atoms with Crippen molar-refractivity contribution in [2.45, 2.75) is 11.8 Å². The van der Waals surface area contributed by atoms with Gasteiger partial charge >= 0.3 is 0 Å².